The Labute approximate surface area is 317 Å². The van der Waals surface area contributed by atoms with Crippen LogP contribution in [-0.4, -0.2) is 19.6 Å². The molecule has 11 rings (SSSR count). The number of furan rings is 1. The first kappa shape index (κ1) is 31.3. The number of rotatable bonds is 5. The summed E-state index contributed by atoms with van der Waals surface area (Å²) in [7, 11) is 0. The summed E-state index contributed by atoms with van der Waals surface area (Å²) < 4.78 is 8.36. The number of para-hydroxylation sites is 2. The van der Waals surface area contributed by atoms with Crippen LogP contribution >= 0.6 is 0 Å². The van der Waals surface area contributed by atoms with Crippen molar-refractivity contribution in [3.63, 3.8) is 0 Å². The molecule has 7 aromatic carbocycles. The molecule has 0 unspecified atom stereocenters. The van der Waals surface area contributed by atoms with Crippen molar-refractivity contribution in [3.05, 3.63) is 181 Å². The Hall–Kier alpha value is -7.24. The molecule has 0 saturated heterocycles. The summed E-state index contributed by atoms with van der Waals surface area (Å²) in [6.45, 7) is 0. The molecule has 0 radical (unpaired) electrons. The molecule has 3 heterocycles. The number of hydrogen-bond acceptors (Lipinski definition) is 4. The molecule has 10 aromatic rings. The number of phenols is 1. The molecule has 3 aromatic heterocycles. The largest absolute Gasteiger partial charge is 0.507 e. The molecule has 0 atom stereocenters. The van der Waals surface area contributed by atoms with E-state index in [9.17, 15) is 5.11 Å². The minimum atomic E-state index is 0.0839. The monoisotopic (exact) mass is 707 g/mol. The molecule has 5 heteroatoms. The van der Waals surface area contributed by atoms with Gasteiger partial charge in [-0.3, -0.25) is 4.57 Å². The lowest BCUT2D eigenvalue weighted by Crippen LogP contribution is -2.07. The normalized spacial score (nSPS) is 12.3. The van der Waals surface area contributed by atoms with Gasteiger partial charge in [-0.25, -0.2) is 9.97 Å². The van der Waals surface area contributed by atoms with Gasteiger partial charge < -0.3 is 9.52 Å². The standard InChI is InChI=1S/C50H33N3O2/c54-44-29-46-41(38-21-11-12-25-45(38)55-46)28-42(44)50-51-43(48-39-22-10-9-20-37(39)40-27-26-33-18-7-8-19-34(33)47(40)52-48)30-53(50)49-35(31-14-3-1-4-15-31)23-13-24-36(49)32-16-5-2-6-17-32/h1-25,28-30,54H,26-27H2. The van der Waals surface area contributed by atoms with Gasteiger partial charge in [0.05, 0.1) is 22.6 Å². The second-order valence-electron chi connectivity index (χ2n) is 14.2. The average Bonchev–Trinajstić information content (AvgIpc) is 3.84. The lowest BCUT2D eigenvalue weighted by molar-refractivity contribution is 0.476. The molecule has 0 spiro atoms. The van der Waals surface area contributed by atoms with E-state index in [-0.39, 0.29) is 5.75 Å². The molecule has 0 amide bonds. The molecular weight excluding hydrogens is 675 g/mol. The minimum Gasteiger partial charge on any atom is -0.507 e. The van der Waals surface area contributed by atoms with Crippen LogP contribution in [0.3, 0.4) is 0 Å². The van der Waals surface area contributed by atoms with E-state index >= 15 is 0 Å². The number of hydrogen-bond donors (Lipinski definition) is 1. The fourth-order valence-electron chi connectivity index (χ4n) is 8.52. The average molecular weight is 708 g/mol. The highest BCUT2D eigenvalue weighted by Gasteiger charge is 2.27. The Morgan fingerprint density at radius 1 is 0.491 bits per heavy atom. The number of imidazole rings is 1. The highest BCUT2D eigenvalue weighted by atomic mass is 16.3. The van der Waals surface area contributed by atoms with Crippen molar-refractivity contribution < 1.29 is 9.52 Å². The summed E-state index contributed by atoms with van der Waals surface area (Å²) in [4.78, 5) is 11.0. The summed E-state index contributed by atoms with van der Waals surface area (Å²) in [5.74, 6) is 0.685. The fourth-order valence-corrected chi connectivity index (χ4v) is 8.52. The zero-order valence-corrected chi connectivity index (χ0v) is 29.8. The van der Waals surface area contributed by atoms with Crippen molar-refractivity contribution in [3.8, 4) is 67.7 Å². The second kappa shape index (κ2) is 12.4. The molecule has 260 valence electrons. The molecule has 55 heavy (non-hydrogen) atoms. The maximum Gasteiger partial charge on any atom is 0.149 e. The predicted octanol–water partition coefficient (Wildman–Crippen LogP) is 12.5. The van der Waals surface area contributed by atoms with Gasteiger partial charge in [0, 0.05) is 45.1 Å². The molecule has 0 saturated carbocycles. The number of aryl methyl sites for hydroxylation is 2. The van der Waals surface area contributed by atoms with Crippen LogP contribution in [0.5, 0.6) is 5.75 Å². The smallest absolute Gasteiger partial charge is 0.149 e. The summed E-state index contributed by atoms with van der Waals surface area (Å²) >= 11 is 0. The van der Waals surface area contributed by atoms with Crippen LogP contribution in [0, 0.1) is 0 Å². The van der Waals surface area contributed by atoms with Crippen molar-refractivity contribution in [1.82, 2.24) is 14.5 Å². The Morgan fingerprint density at radius 3 is 1.89 bits per heavy atom. The summed E-state index contributed by atoms with van der Waals surface area (Å²) in [5, 5.41) is 16.1. The van der Waals surface area contributed by atoms with E-state index in [2.05, 4.69) is 132 Å². The lowest BCUT2D eigenvalue weighted by atomic mass is 9.86. The summed E-state index contributed by atoms with van der Waals surface area (Å²) in [6.07, 6.45) is 4.02. The van der Waals surface area contributed by atoms with Crippen LogP contribution in [0.25, 0.3) is 94.7 Å². The van der Waals surface area contributed by atoms with Crippen LogP contribution in [-0.2, 0) is 12.8 Å². The van der Waals surface area contributed by atoms with E-state index in [0.29, 0.717) is 17.0 Å². The number of nitrogens with zero attached hydrogens (tertiary/aromatic N) is 3. The maximum atomic E-state index is 11.9. The maximum absolute atomic E-state index is 11.9. The van der Waals surface area contributed by atoms with Gasteiger partial charge in [0.25, 0.3) is 0 Å². The Kier molecular flexibility index (Phi) is 7.07. The van der Waals surface area contributed by atoms with Crippen LogP contribution < -0.4 is 0 Å². The third kappa shape index (κ3) is 5.01. The topological polar surface area (TPSA) is 64.1 Å². The fraction of sp³-hybridized carbons (Fsp3) is 0.0400. The molecule has 1 aliphatic carbocycles. The Morgan fingerprint density at radius 2 is 1.13 bits per heavy atom. The van der Waals surface area contributed by atoms with Crippen molar-refractivity contribution in [2.45, 2.75) is 12.8 Å². The van der Waals surface area contributed by atoms with Crippen LogP contribution in [0.4, 0.5) is 0 Å². The summed E-state index contributed by atoms with van der Waals surface area (Å²) in [6, 6.07) is 56.3. The number of fused-ring (bicyclic) bond motifs is 8. The number of aromatic hydroxyl groups is 1. The zero-order chi connectivity index (χ0) is 36.5. The van der Waals surface area contributed by atoms with Gasteiger partial charge in [-0.1, -0.05) is 146 Å². The van der Waals surface area contributed by atoms with Gasteiger partial charge >= 0.3 is 0 Å². The zero-order valence-electron chi connectivity index (χ0n) is 29.8. The first-order valence-electron chi connectivity index (χ1n) is 18.7. The first-order chi connectivity index (χ1) is 27.2. The SMILES string of the molecule is Oc1cc2oc3ccccc3c2cc1-c1nc(-c2nc3c(c4ccccc24)CCc2ccccc2-3)cn1-c1c(-c2ccccc2)cccc1-c1ccccc1. The molecular formula is C50H33N3O2. The molecule has 0 fully saturated rings. The van der Waals surface area contributed by atoms with Crippen molar-refractivity contribution in [2.24, 2.45) is 0 Å². The van der Waals surface area contributed by atoms with E-state index < -0.39 is 0 Å². The molecule has 5 nitrogen and oxygen atoms in total. The van der Waals surface area contributed by atoms with E-state index in [4.69, 9.17) is 14.4 Å². The van der Waals surface area contributed by atoms with Gasteiger partial charge in [0.1, 0.15) is 28.4 Å². The Bertz CT molecular complexity index is 3050. The van der Waals surface area contributed by atoms with Gasteiger partial charge in [-0.05, 0) is 52.6 Å². The van der Waals surface area contributed by atoms with Crippen LogP contribution in [0.1, 0.15) is 11.1 Å². The Balaban J connectivity index is 1.25. The molecule has 1 N–H and O–H groups in total. The first-order valence-corrected chi connectivity index (χ1v) is 18.7. The van der Waals surface area contributed by atoms with Gasteiger partial charge in [0.15, 0.2) is 0 Å². The number of aromatic nitrogens is 3. The van der Waals surface area contributed by atoms with Gasteiger partial charge in [-0.2, -0.15) is 0 Å². The van der Waals surface area contributed by atoms with E-state index in [1.807, 2.05) is 36.4 Å². The molecule has 0 bridgehead atoms. The van der Waals surface area contributed by atoms with Gasteiger partial charge in [-0.15, -0.1) is 0 Å². The quantitative estimate of drug-likeness (QED) is 0.193. The number of phenolic OH excluding ortho intramolecular Hbond substituents is 1. The third-order valence-electron chi connectivity index (χ3n) is 11.1. The highest BCUT2D eigenvalue weighted by molar-refractivity contribution is 6.07. The van der Waals surface area contributed by atoms with E-state index in [1.165, 1.54) is 22.1 Å². The third-order valence-corrected chi connectivity index (χ3v) is 11.1. The van der Waals surface area contributed by atoms with Crippen LogP contribution in [0.2, 0.25) is 0 Å². The van der Waals surface area contributed by atoms with E-state index in [0.717, 1.165) is 79.6 Å². The number of pyridine rings is 1. The lowest BCUT2D eigenvalue weighted by Gasteiger charge is -2.22. The molecule has 1 aliphatic rings. The van der Waals surface area contributed by atoms with Gasteiger partial charge in [0.2, 0.25) is 0 Å². The van der Waals surface area contributed by atoms with Crippen LogP contribution in [0.15, 0.2) is 174 Å². The second-order valence-corrected chi connectivity index (χ2v) is 14.2. The van der Waals surface area contributed by atoms with E-state index in [1.54, 1.807) is 6.07 Å². The highest BCUT2D eigenvalue weighted by Crippen LogP contribution is 2.45. The summed E-state index contributed by atoms with van der Waals surface area (Å²) in [5.41, 5.74) is 13.5. The van der Waals surface area contributed by atoms with Crippen molar-refractivity contribution in [1.29, 1.82) is 0 Å². The number of benzene rings is 7. The van der Waals surface area contributed by atoms with Crippen molar-refractivity contribution >= 4 is 32.7 Å². The predicted molar refractivity (Wildman–Crippen MR) is 222 cm³/mol. The minimum absolute atomic E-state index is 0.0839. The molecule has 0 aliphatic heterocycles. The van der Waals surface area contributed by atoms with Crippen molar-refractivity contribution in [2.75, 3.05) is 0 Å².